The molecule has 2 aromatic heterocycles. The number of aromatic amines is 1. The first-order chi connectivity index (χ1) is 18.1. The molecule has 2 N–H and O–H groups in total. The van der Waals surface area contributed by atoms with E-state index >= 15 is 0 Å². The zero-order valence-corrected chi connectivity index (χ0v) is 20.9. The van der Waals surface area contributed by atoms with Crippen LogP contribution >= 0.6 is 0 Å². The van der Waals surface area contributed by atoms with Crippen molar-refractivity contribution in [1.82, 2.24) is 25.2 Å². The number of aromatic nitrogens is 5. The Labute approximate surface area is 215 Å². The lowest BCUT2D eigenvalue weighted by Gasteiger charge is -2.28. The summed E-state index contributed by atoms with van der Waals surface area (Å²) in [6.07, 6.45) is 10.6. The lowest BCUT2D eigenvalue weighted by molar-refractivity contribution is 0.0695. The first-order valence-corrected chi connectivity index (χ1v) is 13.1. The van der Waals surface area contributed by atoms with E-state index < -0.39 is 5.97 Å². The number of benzene rings is 2. The molecule has 0 saturated heterocycles. The van der Waals surface area contributed by atoms with E-state index in [0.29, 0.717) is 11.6 Å². The average molecular weight is 498 g/mol. The Balaban J connectivity index is 1.28. The number of rotatable bonds is 8. The molecule has 0 aliphatic heterocycles. The summed E-state index contributed by atoms with van der Waals surface area (Å²) in [5, 5.41) is 25.1. The van der Waals surface area contributed by atoms with Crippen molar-refractivity contribution in [1.29, 1.82) is 0 Å². The van der Waals surface area contributed by atoms with Crippen molar-refractivity contribution < 1.29 is 14.6 Å². The van der Waals surface area contributed by atoms with Crippen molar-refractivity contribution >= 4 is 5.97 Å². The number of aromatic carboxylic acids is 1. The standard InChI is InChI=1S/C29H31N5O3/c1-18(19-7-3-2-4-8-19)37-23-12-6-10-21(14-23)20-9-5-11-22(13-20)34-28(26(16-31-34)29(35)36)25-15-24(25)27-17-30-33-32-27/h5-6,9-14,16-19,24-25H,2-4,7-8,15H2,1H3,(H,35,36)(H,30,32,33)/t18?,24-,25-/m1/s1. The molecule has 0 bridgehead atoms. The minimum absolute atomic E-state index is 0.0281. The molecule has 0 spiro atoms. The van der Waals surface area contributed by atoms with Crippen molar-refractivity contribution in [3.63, 3.8) is 0 Å². The number of nitrogens with zero attached hydrogens (tertiary/aromatic N) is 4. The third-order valence-electron chi connectivity index (χ3n) is 7.89. The summed E-state index contributed by atoms with van der Waals surface area (Å²) in [4.78, 5) is 12.0. The van der Waals surface area contributed by atoms with Crippen LogP contribution in [0.5, 0.6) is 5.75 Å². The second-order valence-corrected chi connectivity index (χ2v) is 10.3. The van der Waals surface area contributed by atoms with Crippen molar-refractivity contribution in [3.8, 4) is 22.6 Å². The fourth-order valence-corrected chi connectivity index (χ4v) is 5.78. The van der Waals surface area contributed by atoms with Crippen LogP contribution in [0, 0.1) is 5.92 Å². The second kappa shape index (κ2) is 9.84. The smallest absolute Gasteiger partial charge is 0.339 e. The van der Waals surface area contributed by atoms with Gasteiger partial charge in [0.15, 0.2) is 0 Å². The zero-order valence-electron chi connectivity index (χ0n) is 20.9. The van der Waals surface area contributed by atoms with E-state index in [0.717, 1.165) is 34.7 Å². The Bertz CT molecular complexity index is 1390. The Morgan fingerprint density at radius 2 is 1.84 bits per heavy atom. The van der Waals surface area contributed by atoms with Gasteiger partial charge in [-0.2, -0.15) is 20.5 Å². The normalized spacial score (nSPS) is 20.5. The van der Waals surface area contributed by atoms with Crippen LogP contribution in [0.15, 0.2) is 60.9 Å². The van der Waals surface area contributed by atoms with E-state index in [1.165, 1.54) is 38.3 Å². The van der Waals surface area contributed by atoms with Gasteiger partial charge in [-0.1, -0.05) is 43.5 Å². The highest BCUT2D eigenvalue weighted by Gasteiger charge is 2.45. The van der Waals surface area contributed by atoms with Gasteiger partial charge in [0.05, 0.1) is 35.6 Å². The van der Waals surface area contributed by atoms with E-state index in [-0.39, 0.29) is 23.5 Å². The predicted octanol–water partition coefficient (Wildman–Crippen LogP) is 5.97. The van der Waals surface area contributed by atoms with Crippen LogP contribution in [-0.2, 0) is 0 Å². The average Bonchev–Trinajstić information content (AvgIpc) is 3.30. The largest absolute Gasteiger partial charge is 0.490 e. The van der Waals surface area contributed by atoms with E-state index in [9.17, 15) is 9.90 Å². The molecule has 2 saturated carbocycles. The van der Waals surface area contributed by atoms with E-state index in [1.807, 2.05) is 24.3 Å². The zero-order chi connectivity index (χ0) is 25.4. The molecule has 190 valence electrons. The maximum atomic E-state index is 12.0. The van der Waals surface area contributed by atoms with Gasteiger partial charge < -0.3 is 9.84 Å². The molecule has 4 aromatic rings. The molecule has 2 heterocycles. The highest BCUT2D eigenvalue weighted by atomic mass is 16.5. The van der Waals surface area contributed by atoms with Crippen molar-refractivity contribution in [2.75, 3.05) is 0 Å². The third kappa shape index (κ3) is 4.75. The molecule has 8 heteroatoms. The van der Waals surface area contributed by atoms with Gasteiger partial charge in [0.2, 0.25) is 0 Å². The Morgan fingerprint density at radius 1 is 1.05 bits per heavy atom. The molecule has 2 aliphatic carbocycles. The first kappa shape index (κ1) is 23.5. The van der Waals surface area contributed by atoms with Crippen LogP contribution in [0.3, 0.4) is 0 Å². The number of H-pyrrole nitrogens is 1. The summed E-state index contributed by atoms with van der Waals surface area (Å²) in [5.74, 6) is 0.684. The van der Waals surface area contributed by atoms with Crippen LogP contribution in [-0.4, -0.2) is 42.4 Å². The third-order valence-corrected chi connectivity index (χ3v) is 7.89. The van der Waals surface area contributed by atoms with Gasteiger partial charge in [0.1, 0.15) is 11.3 Å². The lowest BCUT2D eigenvalue weighted by atomic mass is 9.86. The number of carboxylic acid groups (broad SMARTS) is 1. The summed E-state index contributed by atoms with van der Waals surface area (Å²) in [6.45, 7) is 2.19. The number of hydrogen-bond donors (Lipinski definition) is 2. The van der Waals surface area contributed by atoms with Crippen LogP contribution in [0.1, 0.15) is 79.0 Å². The second-order valence-electron chi connectivity index (χ2n) is 10.3. The van der Waals surface area contributed by atoms with E-state index in [2.05, 4.69) is 51.7 Å². The van der Waals surface area contributed by atoms with Crippen LogP contribution < -0.4 is 4.74 Å². The minimum atomic E-state index is -0.972. The molecule has 1 unspecified atom stereocenters. The predicted molar refractivity (Wildman–Crippen MR) is 139 cm³/mol. The van der Waals surface area contributed by atoms with E-state index in [4.69, 9.17) is 4.74 Å². The highest BCUT2D eigenvalue weighted by molar-refractivity contribution is 5.89. The summed E-state index contributed by atoms with van der Waals surface area (Å²) >= 11 is 0. The van der Waals surface area contributed by atoms with Gasteiger partial charge in [0.25, 0.3) is 0 Å². The van der Waals surface area contributed by atoms with Crippen molar-refractivity contribution in [2.45, 2.75) is 63.4 Å². The number of carboxylic acids is 1. The molecule has 2 fully saturated rings. The number of hydrogen-bond acceptors (Lipinski definition) is 5. The van der Waals surface area contributed by atoms with Crippen molar-refractivity contribution in [2.24, 2.45) is 5.92 Å². The molecule has 3 atom stereocenters. The molecule has 2 aliphatic rings. The van der Waals surface area contributed by atoms with Crippen LogP contribution in [0.4, 0.5) is 0 Å². The van der Waals surface area contributed by atoms with Gasteiger partial charge in [-0.25, -0.2) is 9.48 Å². The summed E-state index contributed by atoms with van der Waals surface area (Å²) < 4.78 is 8.14. The monoisotopic (exact) mass is 497 g/mol. The Morgan fingerprint density at radius 3 is 2.59 bits per heavy atom. The SMILES string of the molecule is CC(Oc1cccc(-c2cccc(-n3ncc(C(=O)O)c3[C@@H]3C[C@H]3c3cn[nH]n3)c2)c1)C1CCCCC1. The Kier molecular flexibility index (Phi) is 6.24. The fourth-order valence-electron chi connectivity index (χ4n) is 5.78. The number of nitrogens with one attached hydrogen (secondary N) is 1. The molecule has 0 radical (unpaired) electrons. The molecular formula is C29H31N5O3. The first-order valence-electron chi connectivity index (χ1n) is 13.1. The fraction of sp³-hybridized carbons (Fsp3) is 0.379. The van der Waals surface area contributed by atoms with Crippen molar-refractivity contribution in [3.05, 3.63) is 77.9 Å². The quantitative estimate of drug-likeness (QED) is 0.310. The minimum Gasteiger partial charge on any atom is -0.490 e. The molecule has 6 rings (SSSR count). The Hall–Kier alpha value is -3.94. The lowest BCUT2D eigenvalue weighted by Crippen LogP contribution is -2.25. The molecular weight excluding hydrogens is 466 g/mol. The van der Waals surface area contributed by atoms with Gasteiger partial charge >= 0.3 is 5.97 Å². The van der Waals surface area contributed by atoms with Gasteiger partial charge in [-0.3, -0.25) is 0 Å². The maximum Gasteiger partial charge on any atom is 0.339 e. The van der Waals surface area contributed by atoms with Crippen LogP contribution in [0.25, 0.3) is 16.8 Å². The van der Waals surface area contributed by atoms with Gasteiger partial charge in [-0.15, -0.1) is 0 Å². The van der Waals surface area contributed by atoms with E-state index in [1.54, 1.807) is 10.9 Å². The molecule has 37 heavy (non-hydrogen) atoms. The van der Waals surface area contributed by atoms with Crippen LogP contribution in [0.2, 0.25) is 0 Å². The molecule has 0 amide bonds. The van der Waals surface area contributed by atoms with Gasteiger partial charge in [-0.05, 0) is 67.5 Å². The summed E-state index contributed by atoms with van der Waals surface area (Å²) in [7, 11) is 0. The number of carbonyl (C=O) groups is 1. The molecule has 8 nitrogen and oxygen atoms in total. The number of ether oxygens (including phenoxy) is 1. The maximum absolute atomic E-state index is 12.0. The topological polar surface area (TPSA) is 106 Å². The summed E-state index contributed by atoms with van der Waals surface area (Å²) in [5.41, 5.74) is 4.68. The van der Waals surface area contributed by atoms with Gasteiger partial charge in [0, 0.05) is 11.8 Å². The molecule has 2 aromatic carbocycles. The summed E-state index contributed by atoms with van der Waals surface area (Å²) in [6, 6.07) is 16.3. The highest BCUT2D eigenvalue weighted by Crippen LogP contribution is 2.55.